The Morgan fingerprint density at radius 2 is 1.83 bits per heavy atom. The number of nitrogens with one attached hydrogen (secondary N) is 2. The molecule has 0 unspecified atom stereocenters. The molecule has 2 N–H and O–H groups in total. The number of anilines is 1. The van der Waals surface area contributed by atoms with E-state index in [0.717, 1.165) is 16.5 Å². The number of amides is 1. The van der Waals surface area contributed by atoms with Gasteiger partial charge in [0.15, 0.2) is 0 Å². The maximum Gasteiger partial charge on any atom is 0.233 e. The lowest BCUT2D eigenvalue weighted by molar-refractivity contribution is -0.116. The molecule has 0 radical (unpaired) electrons. The Morgan fingerprint density at radius 3 is 2.54 bits per heavy atom. The normalized spacial score (nSPS) is 11.5. The molecule has 0 fully saturated rings. The highest BCUT2D eigenvalue weighted by Gasteiger charge is 2.07. The molecule has 0 atom stereocenters. The van der Waals surface area contributed by atoms with Crippen LogP contribution >= 0.6 is 0 Å². The van der Waals surface area contributed by atoms with Crippen molar-refractivity contribution in [3.05, 3.63) is 71.1 Å². The zero-order valence-electron chi connectivity index (χ0n) is 13.4. The number of hydrogen-bond donors (Lipinski definition) is 2. The Kier molecular flexibility index (Phi) is 6.28. The predicted octanol–water partition coefficient (Wildman–Crippen LogP) is 2.91. The molecule has 5 nitrogen and oxygen atoms in total. The first-order chi connectivity index (χ1) is 11.4. The zero-order valence-corrected chi connectivity index (χ0v) is 14.2. The van der Waals surface area contributed by atoms with Crippen LogP contribution in [0.15, 0.2) is 60.0 Å². The van der Waals surface area contributed by atoms with Crippen LogP contribution in [0.2, 0.25) is 0 Å². The Bertz CT molecular complexity index is 815. The van der Waals surface area contributed by atoms with E-state index in [1.165, 1.54) is 6.08 Å². The molecule has 0 saturated carbocycles. The van der Waals surface area contributed by atoms with E-state index in [0.29, 0.717) is 5.69 Å². The molecule has 24 heavy (non-hydrogen) atoms. The molecule has 2 aromatic carbocycles. The largest absolute Gasteiger partial charge is 0.326 e. The SMILES string of the molecule is Cc1cccc(NC(=O)CCNS(=O)(=O)C=Cc2ccccc2)c1. The van der Waals surface area contributed by atoms with Gasteiger partial charge in [-0.1, -0.05) is 42.5 Å². The van der Waals surface area contributed by atoms with Crippen molar-refractivity contribution in [1.29, 1.82) is 0 Å². The van der Waals surface area contributed by atoms with Gasteiger partial charge in [-0.2, -0.15) is 0 Å². The van der Waals surface area contributed by atoms with Crippen LogP contribution in [-0.2, 0) is 14.8 Å². The highest BCUT2D eigenvalue weighted by molar-refractivity contribution is 7.92. The summed E-state index contributed by atoms with van der Waals surface area (Å²) in [7, 11) is -3.57. The van der Waals surface area contributed by atoms with E-state index in [9.17, 15) is 13.2 Å². The van der Waals surface area contributed by atoms with Crippen LogP contribution in [0.25, 0.3) is 6.08 Å². The van der Waals surface area contributed by atoms with Crippen molar-refractivity contribution in [3.63, 3.8) is 0 Å². The van der Waals surface area contributed by atoms with Gasteiger partial charge in [0.25, 0.3) is 0 Å². The molecule has 0 bridgehead atoms. The van der Waals surface area contributed by atoms with Gasteiger partial charge in [0, 0.05) is 24.1 Å². The quantitative estimate of drug-likeness (QED) is 0.811. The summed E-state index contributed by atoms with van der Waals surface area (Å²) in [5.74, 6) is -0.240. The standard InChI is InChI=1S/C18H20N2O3S/c1-15-6-5-9-17(14-15)20-18(21)10-12-19-24(22,23)13-11-16-7-3-2-4-8-16/h2-9,11,13-14,19H,10,12H2,1H3,(H,20,21). The summed E-state index contributed by atoms with van der Waals surface area (Å²) in [5, 5.41) is 3.83. The van der Waals surface area contributed by atoms with E-state index in [1.807, 2.05) is 43.3 Å². The lowest BCUT2D eigenvalue weighted by Crippen LogP contribution is -2.26. The van der Waals surface area contributed by atoms with Gasteiger partial charge in [0.2, 0.25) is 15.9 Å². The van der Waals surface area contributed by atoms with Gasteiger partial charge in [-0.15, -0.1) is 0 Å². The number of carbonyl (C=O) groups excluding carboxylic acids is 1. The summed E-state index contributed by atoms with van der Waals surface area (Å²) in [6.07, 6.45) is 1.57. The number of carbonyl (C=O) groups is 1. The molecule has 2 rings (SSSR count). The third-order valence-electron chi connectivity index (χ3n) is 3.20. The summed E-state index contributed by atoms with van der Waals surface area (Å²) in [6, 6.07) is 16.6. The van der Waals surface area contributed by atoms with Crippen LogP contribution in [0.3, 0.4) is 0 Å². The topological polar surface area (TPSA) is 75.3 Å². The van der Waals surface area contributed by atoms with Crippen molar-refractivity contribution in [2.75, 3.05) is 11.9 Å². The van der Waals surface area contributed by atoms with Gasteiger partial charge >= 0.3 is 0 Å². The second kappa shape index (κ2) is 8.42. The van der Waals surface area contributed by atoms with Crippen molar-refractivity contribution < 1.29 is 13.2 Å². The number of aryl methyl sites for hydroxylation is 1. The van der Waals surface area contributed by atoms with E-state index < -0.39 is 10.0 Å². The summed E-state index contributed by atoms with van der Waals surface area (Å²) in [4.78, 5) is 11.8. The molecule has 6 heteroatoms. The van der Waals surface area contributed by atoms with Crippen LogP contribution in [0.1, 0.15) is 17.5 Å². The van der Waals surface area contributed by atoms with E-state index in [4.69, 9.17) is 0 Å². The van der Waals surface area contributed by atoms with Crippen molar-refractivity contribution in [2.24, 2.45) is 0 Å². The molecule has 0 aliphatic heterocycles. The molecule has 0 aliphatic carbocycles. The third-order valence-corrected chi connectivity index (χ3v) is 4.30. The van der Waals surface area contributed by atoms with Gasteiger partial charge in [0.1, 0.15) is 0 Å². The molecule has 0 spiro atoms. The molecule has 126 valence electrons. The smallest absolute Gasteiger partial charge is 0.233 e. The molecule has 1 amide bonds. The summed E-state index contributed by atoms with van der Waals surface area (Å²) in [5.41, 5.74) is 2.53. The minimum Gasteiger partial charge on any atom is -0.326 e. The van der Waals surface area contributed by atoms with Crippen molar-refractivity contribution in [2.45, 2.75) is 13.3 Å². The Morgan fingerprint density at radius 1 is 1.08 bits per heavy atom. The van der Waals surface area contributed by atoms with Crippen molar-refractivity contribution >= 4 is 27.7 Å². The summed E-state index contributed by atoms with van der Waals surface area (Å²) in [6.45, 7) is 1.97. The lowest BCUT2D eigenvalue weighted by Gasteiger charge is -2.06. The lowest BCUT2D eigenvalue weighted by atomic mass is 10.2. The first-order valence-corrected chi connectivity index (χ1v) is 9.08. The van der Waals surface area contributed by atoms with E-state index in [2.05, 4.69) is 10.0 Å². The van der Waals surface area contributed by atoms with Crippen LogP contribution < -0.4 is 10.0 Å². The first kappa shape index (κ1) is 17.9. The highest BCUT2D eigenvalue weighted by Crippen LogP contribution is 2.09. The van der Waals surface area contributed by atoms with Gasteiger partial charge in [0.05, 0.1) is 0 Å². The monoisotopic (exact) mass is 344 g/mol. The maximum atomic E-state index is 11.9. The number of sulfonamides is 1. The number of benzene rings is 2. The molecular weight excluding hydrogens is 324 g/mol. The first-order valence-electron chi connectivity index (χ1n) is 7.54. The van der Waals surface area contributed by atoms with Gasteiger partial charge in [-0.3, -0.25) is 4.79 Å². The van der Waals surface area contributed by atoms with Crippen LogP contribution in [-0.4, -0.2) is 20.9 Å². The highest BCUT2D eigenvalue weighted by atomic mass is 32.2. The van der Waals surface area contributed by atoms with Gasteiger partial charge < -0.3 is 5.32 Å². The van der Waals surface area contributed by atoms with Crippen molar-refractivity contribution in [1.82, 2.24) is 4.72 Å². The molecule has 0 saturated heterocycles. The number of hydrogen-bond acceptors (Lipinski definition) is 3. The third kappa shape index (κ3) is 6.36. The molecule has 0 aromatic heterocycles. The Hall–Kier alpha value is -2.44. The summed E-state index contributed by atoms with van der Waals surface area (Å²) >= 11 is 0. The molecule has 0 heterocycles. The van der Waals surface area contributed by atoms with E-state index in [1.54, 1.807) is 18.2 Å². The predicted molar refractivity (Wildman–Crippen MR) is 96.8 cm³/mol. The van der Waals surface area contributed by atoms with Crippen LogP contribution in [0.4, 0.5) is 5.69 Å². The average molecular weight is 344 g/mol. The summed E-state index contributed by atoms with van der Waals surface area (Å²) < 4.78 is 26.1. The van der Waals surface area contributed by atoms with Crippen molar-refractivity contribution in [3.8, 4) is 0 Å². The van der Waals surface area contributed by atoms with Gasteiger partial charge in [-0.05, 0) is 36.3 Å². The maximum absolute atomic E-state index is 11.9. The number of rotatable bonds is 7. The van der Waals surface area contributed by atoms with Crippen LogP contribution in [0, 0.1) is 6.92 Å². The minimum atomic E-state index is -3.57. The van der Waals surface area contributed by atoms with Gasteiger partial charge in [-0.25, -0.2) is 13.1 Å². The fraction of sp³-hybridized carbons (Fsp3) is 0.167. The molecule has 2 aromatic rings. The van der Waals surface area contributed by atoms with E-state index in [-0.39, 0.29) is 18.9 Å². The average Bonchev–Trinajstić information content (AvgIpc) is 2.54. The molecular formula is C18H20N2O3S. The van der Waals surface area contributed by atoms with Crippen LogP contribution in [0.5, 0.6) is 0 Å². The molecule has 0 aliphatic rings. The Labute approximate surface area is 142 Å². The zero-order chi connectivity index (χ0) is 17.4. The Balaban J connectivity index is 1.80. The fourth-order valence-electron chi connectivity index (χ4n) is 2.03. The fourth-order valence-corrected chi connectivity index (χ4v) is 2.85. The second-order valence-electron chi connectivity index (χ2n) is 5.32. The minimum absolute atomic E-state index is 0.0408. The van der Waals surface area contributed by atoms with E-state index >= 15 is 0 Å². The second-order valence-corrected chi connectivity index (χ2v) is 6.97.